The molecule has 18 heavy (non-hydrogen) atoms. The van der Waals surface area contributed by atoms with Crippen molar-refractivity contribution >= 4 is 34.8 Å². The lowest BCUT2D eigenvalue weighted by molar-refractivity contribution is 0.439. The maximum Gasteiger partial charge on any atom is 0.147 e. The van der Waals surface area contributed by atoms with Gasteiger partial charge in [-0.1, -0.05) is 29.6 Å². The van der Waals surface area contributed by atoms with Crippen molar-refractivity contribution in [2.75, 3.05) is 17.7 Å². The molecule has 98 valence electrons. The zero-order valence-electron chi connectivity index (χ0n) is 10.3. The Balaban J connectivity index is 1.80. The van der Waals surface area contributed by atoms with E-state index in [2.05, 4.69) is 15.6 Å². The molecule has 2 aliphatic rings. The second-order valence-corrected chi connectivity index (χ2v) is 6.14. The Morgan fingerprint density at radius 2 is 1.94 bits per heavy atom. The minimum absolute atomic E-state index is 0.527. The van der Waals surface area contributed by atoms with E-state index in [0.717, 1.165) is 17.7 Å². The van der Waals surface area contributed by atoms with E-state index in [0.29, 0.717) is 21.9 Å². The molecule has 0 aliphatic heterocycles. The zero-order chi connectivity index (χ0) is 12.7. The number of nitrogens with one attached hydrogen (secondary N) is 2. The number of fused-ring (bicyclic) bond motifs is 2. The molecule has 3 unspecified atom stereocenters. The number of pyridine rings is 1. The van der Waals surface area contributed by atoms with Gasteiger partial charge in [-0.2, -0.15) is 0 Å². The largest absolute Gasteiger partial charge is 0.372 e. The van der Waals surface area contributed by atoms with E-state index in [1.807, 2.05) is 7.05 Å². The van der Waals surface area contributed by atoms with E-state index in [-0.39, 0.29) is 0 Å². The summed E-state index contributed by atoms with van der Waals surface area (Å²) in [6.07, 6.45) is 5.35. The predicted molar refractivity (Wildman–Crippen MR) is 76.7 cm³/mol. The number of aromatic nitrogens is 1. The quantitative estimate of drug-likeness (QED) is 0.880. The van der Waals surface area contributed by atoms with Gasteiger partial charge in [0.1, 0.15) is 11.6 Å². The average molecular weight is 286 g/mol. The van der Waals surface area contributed by atoms with E-state index in [1.54, 1.807) is 6.07 Å². The molecule has 3 atom stereocenters. The molecule has 3 nitrogen and oxygen atoms in total. The highest BCUT2D eigenvalue weighted by Gasteiger charge is 2.39. The molecule has 0 aromatic carbocycles. The number of halogens is 2. The maximum atomic E-state index is 6.20. The Kier molecular flexibility index (Phi) is 3.29. The van der Waals surface area contributed by atoms with Crippen molar-refractivity contribution in [3.8, 4) is 0 Å². The monoisotopic (exact) mass is 285 g/mol. The molecule has 0 radical (unpaired) electrons. The minimum Gasteiger partial charge on any atom is -0.372 e. The third-order valence-electron chi connectivity index (χ3n) is 4.23. The first-order chi connectivity index (χ1) is 8.67. The molecule has 5 heteroatoms. The highest BCUT2D eigenvalue weighted by molar-refractivity contribution is 6.37. The Morgan fingerprint density at radius 1 is 1.17 bits per heavy atom. The Bertz CT molecular complexity index is 464. The fourth-order valence-corrected chi connectivity index (χ4v) is 3.85. The van der Waals surface area contributed by atoms with Gasteiger partial charge in [0, 0.05) is 13.1 Å². The SMILES string of the molecule is CNc1nc(NC2CC3CCC2C3)c(Cl)cc1Cl. The first-order valence-corrected chi connectivity index (χ1v) is 7.23. The molecule has 0 saturated heterocycles. The van der Waals surface area contributed by atoms with Crippen molar-refractivity contribution in [2.45, 2.75) is 31.7 Å². The van der Waals surface area contributed by atoms with Gasteiger partial charge in [-0.05, 0) is 37.2 Å². The fraction of sp³-hybridized carbons (Fsp3) is 0.615. The number of anilines is 2. The molecule has 1 aromatic rings. The van der Waals surface area contributed by atoms with Gasteiger partial charge < -0.3 is 10.6 Å². The van der Waals surface area contributed by atoms with Crippen LogP contribution in [0.1, 0.15) is 25.7 Å². The van der Waals surface area contributed by atoms with Crippen molar-refractivity contribution in [3.63, 3.8) is 0 Å². The van der Waals surface area contributed by atoms with Gasteiger partial charge in [0.25, 0.3) is 0 Å². The molecule has 2 aliphatic carbocycles. The summed E-state index contributed by atoms with van der Waals surface area (Å²) in [6, 6.07) is 2.27. The van der Waals surface area contributed by atoms with Gasteiger partial charge >= 0.3 is 0 Å². The topological polar surface area (TPSA) is 37.0 Å². The van der Waals surface area contributed by atoms with Crippen LogP contribution in [-0.4, -0.2) is 18.1 Å². The third kappa shape index (κ3) is 2.14. The molecular weight excluding hydrogens is 269 g/mol. The molecule has 2 bridgehead atoms. The summed E-state index contributed by atoms with van der Waals surface area (Å²) >= 11 is 12.2. The van der Waals surface area contributed by atoms with Crippen LogP contribution in [0.3, 0.4) is 0 Å². The lowest BCUT2D eigenvalue weighted by Gasteiger charge is -2.24. The normalized spacial score (nSPS) is 29.6. The van der Waals surface area contributed by atoms with Crippen LogP contribution in [0.4, 0.5) is 11.6 Å². The van der Waals surface area contributed by atoms with Crippen LogP contribution in [0.5, 0.6) is 0 Å². The van der Waals surface area contributed by atoms with E-state index in [9.17, 15) is 0 Å². The molecule has 3 rings (SSSR count). The smallest absolute Gasteiger partial charge is 0.147 e. The predicted octanol–water partition coefficient (Wildman–Crippen LogP) is 4.03. The van der Waals surface area contributed by atoms with Crippen LogP contribution < -0.4 is 10.6 Å². The fourth-order valence-electron chi connectivity index (χ4n) is 3.34. The van der Waals surface area contributed by atoms with E-state index < -0.39 is 0 Å². The van der Waals surface area contributed by atoms with E-state index in [1.165, 1.54) is 25.7 Å². The van der Waals surface area contributed by atoms with Gasteiger partial charge in [0.2, 0.25) is 0 Å². The second-order valence-electron chi connectivity index (χ2n) is 5.32. The van der Waals surface area contributed by atoms with Crippen LogP contribution >= 0.6 is 23.2 Å². The standard InChI is InChI=1S/C13H17Cl2N3/c1-16-12-9(14)6-10(15)13(18-12)17-11-5-7-2-3-8(11)4-7/h6-8,11H,2-5H2,1H3,(H2,16,17,18). The van der Waals surface area contributed by atoms with Crippen molar-refractivity contribution in [1.29, 1.82) is 0 Å². The number of rotatable bonds is 3. The summed E-state index contributed by atoms with van der Waals surface area (Å²) in [6.45, 7) is 0. The van der Waals surface area contributed by atoms with E-state index in [4.69, 9.17) is 23.2 Å². The van der Waals surface area contributed by atoms with Gasteiger partial charge in [-0.3, -0.25) is 0 Å². The first-order valence-electron chi connectivity index (χ1n) is 6.47. The maximum absolute atomic E-state index is 6.20. The minimum atomic E-state index is 0.527. The van der Waals surface area contributed by atoms with Gasteiger partial charge in [0.05, 0.1) is 10.0 Å². The molecular formula is C13H17Cl2N3. The van der Waals surface area contributed by atoms with Gasteiger partial charge in [-0.15, -0.1) is 0 Å². The highest BCUT2D eigenvalue weighted by Crippen LogP contribution is 2.46. The van der Waals surface area contributed by atoms with Crippen LogP contribution in [-0.2, 0) is 0 Å². The first kappa shape index (κ1) is 12.4. The lowest BCUT2D eigenvalue weighted by Crippen LogP contribution is -2.26. The Labute approximate surface area is 117 Å². The van der Waals surface area contributed by atoms with Crippen molar-refractivity contribution < 1.29 is 0 Å². The average Bonchev–Trinajstić information content (AvgIpc) is 2.94. The number of hydrogen-bond donors (Lipinski definition) is 2. The summed E-state index contributed by atoms with van der Waals surface area (Å²) in [5.74, 6) is 3.12. The van der Waals surface area contributed by atoms with Crippen LogP contribution in [0.15, 0.2) is 6.07 Å². The lowest BCUT2D eigenvalue weighted by atomic mass is 9.95. The Morgan fingerprint density at radius 3 is 2.56 bits per heavy atom. The van der Waals surface area contributed by atoms with Crippen LogP contribution in [0.2, 0.25) is 10.0 Å². The summed E-state index contributed by atoms with van der Waals surface area (Å²) in [5.41, 5.74) is 0. The molecule has 2 fully saturated rings. The molecule has 1 heterocycles. The molecule has 2 saturated carbocycles. The van der Waals surface area contributed by atoms with Crippen LogP contribution in [0.25, 0.3) is 0 Å². The molecule has 0 spiro atoms. The van der Waals surface area contributed by atoms with Gasteiger partial charge in [0.15, 0.2) is 0 Å². The third-order valence-corrected chi connectivity index (χ3v) is 4.80. The molecule has 0 amide bonds. The van der Waals surface area contributed by atoms with Crippen LogP contribution in [0, 0.1) is 11.8 Å². The number of hydrogen-bond acceptors (Lipinski definition) is 3. The van der Waals surface area contributed by atoms with Gasteiger partial charge in [-0.25, -0.2) is 4.98 Å². The summed E-state index contributed by atoms with van der Waals surface area (Å²) in [7, 11) is 1.81. The second kappa shape index (κ2) is 4.78. The zero-order valence-corrected chi connectivity index (χ0v) is 11.9. The van der Waals surface area contributed by atoms with E-state index >= 15 is 0 Å². The summed E-state index contributed by atoms with van der Waals surface area (Å²) in [5, 5.41) is 7.64. The Hall–Kier alpha value is -0.670. The van der Waals surface area contributed by atoms with Crippen molar-refractivity contribution in [1.82, 2.24) is 4.98 Å². The highest BCUT2D eigenvalue weighted by atomic mass is 35.5. The number of nitrogens with zero attached hydrogens (tertiary/aromatic N) is 1. The molecule has 2 N–H and O–H groups in total. The summed E-state index contributed by atoms with van der Waals surface area (Å²) in [4.78, 5) is 4.45. The molecule has 1 aromatic heterocycles. The van der Waals surface area contributed by atoms with Crippen molar-refractivity contribution in [3.05, 3.63) is 16.1 Å². The summed E-state index contributed by atoms with van der Waals surface area (Å²) < 4.78 is 0. The van der Waals surface area contributed by atoms with Crippen molar-refractivity contribution in [2.24, 2.45) is 11.8 Å².